The minimum atomic E-state index is -6.72. The quantitative estimate of drug-likeness (QED) is 0.430. The zero-order valence-electron chi connectivity index (χ0n) is 16.3. The van der Waals surface area contributed by atoms with E-state index in [2.05, 4.69) is 6.92 Å². The highest BCUT2D eigenvalue weighted by Gasteiger charge is 2.47. The van der Waals surface area contributed by atoms with Crippen LogP contribution in [0.2, 0.25) is 0 Å². The Labute approximate surface area is 172 Å². The second-order valence-corrected chi connectivity index (χ2v) is 10.5. The van der Waals surface area contributed by atoms with Crippen molar-refractivity contribution in [2.24, 2.45) is 4.99 Å². The molecule has 0 N–H and O–H groups in total. The van der Waals surface area contributed by atoms with Gasteiger partial charge in [-0.1, -0.05) is 13.3 Å². The van der Waals surface area contributed by atoms with E-state index in [4.69, 9.17) is 4.99 Å². The van der Waals surface area contributed by atoms with Crippen molar-refractivity contribution in [3.8, 4) is 0 Å². The van der Waals surface area contributed by atoms with E-state index >= 15 is 0 Å². The highest BCUT2D eigenvalue weighted by atomic mass is 32.3. The van der Waals surface area contributed by atoms with Crippen LogP contribution in [0.5, 0.6) is 0 Å². The number of halogens is 6. The Balaban J connectivity index is 0.000000300. The molecule has 1 atom stereocenters. The number of nitrogens with zero attached hydrogens (tertiary/aromatic N) is 3. The smallest absolute Gasteiger partial charge is 0.421 e. The van der Waals surface area contributed by atoms with Gasteiger partial charge < -0.3 is 4.13 Å². The molecule has 7 nitrogen and oxygen atoms in total. The van der Waals surface area contributed by atoms with Crippen molar-refractivity contribution in [1.82, 2.24) is 0 Å². The van der Waals surface area contributed by atoms with Crippen LogP contribution < -0.4 is 0 Å². The summed E-state index contributed by atoms with van der Waals surface area (Å²) in [7, 11) is -13.4. The minimum Gasteiger partial charge on any atom is -0.421 e. The average Bonchev–Trinajstić information content (AvgIpc) is 2.80. The zero-order chi connectivity index (χ0) is 23.3. The van der Waals surface area contributed by atoms with Crippen LogP contribution in [0.3, 0.4) is 0 Å². The van der Waals surface area contributed by atoms with Gasteiger partial charge in [-0.2, -0.15) is 26.3 Å². The molecule has 0 aromatic carbocycles. The Morgan fingerprint density at radius 3 is 1.93 bits per heavy atom. The number of fused-ring (bicyclic) bond motifs is 1. The van der Waals surface area contributed by atoms with Crippen molar-refractivity contribution in [2.45, 2.75) is 62.9 Å². The van der Waals surface area contributed by atoms with Crippen molar-refractivity contribution in [3.63, 3.8) is 0 Å². The van der Waals surface area contributed by atoms with E-state index in [-0.39, 0.29) is 0 Å². The largest absolute Gasteiger partial charge is 0.480 e. The van der Waals surface area contributed by atoms with E-state index < -0.39 is 31.1 Å². The molecule has 2 heterocycles. The first-order chi connectivity index (χ1) is 13.6. The maximum atomic E-state index is 11.4. The predicted octanol–water partition coefficient (Wildman–Crippen LogP) is 4.04. The summed E-state index contributed by atoms with van der Waals surface area (Å²) in [4.78, 5) is 4.83. The highest BCUT2D eigenvalue weighted by Crippen LogP contribution is 2.36. The molecule has 0 aromatic rings. The summed E-state index contributed by atoms with van der Waals surface area (Å²) in [6.45, 7) is 7.51. The first-order valence-electron chi connectivity index (χ1n) is 9.35. The van der Waals surface area contributed by atoms with E-state index in [9.17, 15) is 43.2 Å². The van der Waals surface area contributed by atoms with E-state index in [1.807, 2.05) is 0 Å². The molecule has 0 bridgehead atoms. The Bertz CT molecular complexity index is 767. The third-order valence-electron chi connectivity index (χ3n) is 4.79. The fourth-order valence-electron chi connectivity index (χ4n) is 3.32. The number of unbranched alkanes of at least 4 members (excludes halogenated alkanes) is 1. The van der Waals surface area contributed by atoms with Gasteiger partial charge in [0.2, 0.25) is 0 Å². The van der Waals surface area contributed by atoms with Crippen LogP contribution in [0.1, 0.15) is 51.9 Å². The summed E-state index contributed by atoms with van der Waals surface area (Å²) in [6.07, 6.45) is 9.52. The fourth-order valence-corrected chi connectivity index (χ4v) is 5.03. The van der Waals surface area contributed by atoms with Gasteiger partial charge in [-0.25, -0.2) is 21.8 Å². The molecule has 178 valence electrons. The van der Waals surface area contributed by atoms with E-state index in [1.165, 1.54) is 69.1 Å². The Morgan fingerprint density at radius 1 is 0.900 bits per heavy atom. The monoisotopic (exact) mass is 489 g/mol. The van der Waals surface area contributed by atoms with Crippen LogP contribution in [0, 0.1) is 0 Å². The molecule has 0 aromatic heterocycles. The number of aliphatic imine (C=N–C) groups is 1. The van der Waals surface area contributed by atoms with Crippen LogP contribution >= 0.6 is 0 Å². The summed E-state index contributed by atoms with van der Waals surface area (Å²) in [5.41, 5.74) is -12.4. The molecule has 15 heteroatoms. The number of quaternary nitrogens is 1. The number of alkyl halides is 6. The molecule has 2 aliphatic rings. The lowest BCUT2D eigenvalue weighted by Crippen LogP contribution is -2.55. The molecular formula is C15H25F6N3O4S2. The molecule has 2 rings (SSSR count). The van der Waals surface area contributed by atoms with Crippen molar-refractivity contribution in [2.75, 3.05) is 26.2 Å². The molecule has 0 spiro atoms. The zero-order valence-corrected chi connectivity index (χ0v) is 18.0. The lowest BCUT2D eigenvalue weighted by Gasteiger charge is -2.40. The maximum Gasteiger partial charge on any atom is 0.480 e. The molecule has 1 unspecified atom stereocenters. The second-order valence-electron chi connectivity index (χ2n) is 7.05. The summed E-state index contributed by atoms with van der Waals surface area (Å²) in [5.74, 6) is 1.55. The average molecular weight is 490 g/mol. The number of rotatable bonds is 5. The van der Waals surface area contributed by atoms with Gasteiger partial charge in [0, 0.05) is 19.4 Å². The number of sulfonamides is 2. The molecule has 2 aliphatic heterocycles. The van der Waals surface area contributed by atoms with E-state index in [0.29, 0.717) is 0 Å². The van der Waals surface area contributed by atoms with Gasteiger partial charge in [0.15, 0.2) is 25.9 Å². The SMILES string of the molecule is CCCC[N+]12CCCCCC1=NCCC2.O=S(=O)([N-]S(=O)(=O)C(F)(F)F)C(F)(F)F. The molecule has 0 radical (unpaired) electrons. The number of hydrogen-bond acceptors (Lipinski definition) is 5. The first-order valence-corrected chi connectivity index (χ1v) is 12.2. The van der Waals surface area contributed by atoms with Crippen molar-refractivity contribution in [3.05, 3.63) is 4.13 Å². The van der Waals surface area contributed by atoms with Crippen molar-refractivity contribution in [1.29, 1.82) is 0 Å². The van der Waals surface area contributed by atoms with Crippen molar-refractivity contribution < 1.29 is 47.7 Å². The topological polar surface area (TPSA) is 94.7 Å². The van der Waals surface area contributed by atoms with Crippen LogP contribution in [-0.4, -0.2) is 64.3 Å². The molecule has 0 amide bonds. The van der Waals surface area contributed by atoms with Crippen molar-refractivity contribution >= 4 is 25.9 Å². The summed E-state index contributed by atoms with van der Waals surface area (Å²) < 4.78 is 110. The minimum absolute atomic E-state index is 0.778. The maximum absolute atomic E-state index is 11.4. The molecule has 30 heavy (non-hydrogen) atoms. The standard InChI is InChI=1S/C13H25N2.C2F6NO4S2/c1-2-3-10-15-11-6-4-5-8-13(15)14-9-7-12-15;3-1(4,5)14(10,11)9-15(12,13)2(6,7)8/h2-12H2,1H3;/q+1;-1. The van der Waals surface area contributed by atoms with Gasteiger partial charge in [0.1, 0.15) is 0 Å². The van der Waals surface area contributed by atoms with Gasteiger partial charge >= 0.3 is 11.0 Å². The first kappa shape index (κ1) is 27.1. The van der Waals surface area contributed by atoms with Gasteiger partial charge in [0.05, 0.1) is 19.6 Å². The van der Waals surface area contributed by atoms with Crippen LogP contribution in [-0.2, 0) is 20.0 Å². The number of hydrogen-bond donors (Lipinski definition) is 0. The Morgan fingerprint density at radius 2 is 1.43 bits per heavy atom. The van der Waals surface area contributed by atoms with Gasteiger partial charge in [-0.15, -0.1) is 0 Å². The lowest BCUT2D eigenvalue weighted by atomic mass is 10.1. The second kappa shape index (κ2) is 10.1. The normalized spacial score (nSPS) is 23.5. The number of amidine groups is 1. The summed E-state index contributed by atoms with van der Waals surface area (Å²) in [6, 6.07) is 0. The van der Waals surface area contributed by atoms with Crippen LogP contribution in [0.15, 0.2) is 4.99 Å². The van der Waals surface area contributed by atoms with E-state index in [1.54, 1.807) is 5.84 Å². The molecule has 0 aliphatic carbocycles. The summed E-state index contributed by atoms with van der Waals surface area (Å²) >= 11 is 0. The van der Waals surface area contributed by atoms with Crippen LogP contribution in [0.25, 0.3) is 4.13 Å². The lowest BCUT2D eigenvalue weighted by molar-refractivity contribution is -0.845. The Kier molecular flexibility index (Phi) is 9.15. The predicted molar refractivity (Wildman–Crippen MR) is 98.5 cm³/mol. The van der Waals surface area contributed by atoms with Gasteiger partial charge in [-0.05, 0) is 25.7 Å². The van der Waals surface area contributed by atoms with Gasteiger partial charge in [0.25, 0.3) is 0 Å². The van der Waals surface area contributed by atoms with E-state index in [0.717, 1.165) is 10.7 Å². The molecule has 0 saturated carbocycles. The Hall–Kier alpha value is -0.930. The highest BCUT2D eigenvalue weighted by molar-refractivity contribution is 8.13. The third kappa shape index (κ3) is 7.05. The third-order valence-corrected chi connectivity index (χ3v) is 7.53. The van der Waals surface area contributed by atoms with Crippen LogP contribution in [0.4, 0.5) is 26.3 Å². The summed E-state index contributed by atoms with van der Waals surface area (Å²) in [5, 5.41) is 0. The molecule has 1 fully saturated rings. The van der Waals surface area contributed by atoms with Gasteiger partial charge in [-0.3, -0.25) is 4.48 Å². The fraction of sp³-hybridized carbons (Fsp3) is 0.933. The molecular weight excluding hydrogens is 464 g/mol. The molecule has 1 saturated heterocycles.